The summed E-state index contributed by atoms with van der Waals surface area (Å²) in [7, 11) is 0. The number of unbranched alkanes of at least 4 members (excludes halogenated alkanes) is 3. The highest BCUT2D eigenvalue weighted by Crippen LogP contribution is 2.23. The van der Waals surface area contributed by atoms with Crippen molar-refractivity contribution in [3.05, 3.63) is 6.92 Å². The Morgan fingerprint density at radius 1 is 1.00 bits per heavy atom. The van der Waals surface area contributed by atoms with E-state index in [0.717, 1.165) is 13.2 Å². The van der Waals surface area contributed by atoms with E-state index in [1.165, 1.54) is 38.5 Å². The van der Waals surface area contributed by atoms with Gasteiger partial charge in [-0.15, -0.1) is 0 Å². The molecule has 1 fully saturated rings. The van der Waals surface area contributed by atoms with Crippen molar-refractivity contribution in [2.24, 2.45) is 0 Å². The zero-order chi connectivity index (χ0) is 9.36. The molecule has 0 N–H and O–H groups in total. The van der Waals surface area contributed by atoms with Crippen molar-refractivity contribution in [3.63, 3.8) is 0 Å². The summed E-state index contributed by atoms with van der Waals surface area (Å²) in [5.41, 5.74) is 0. The summed E-state index contributed by atoms with van der Waals surface area (Å²) < 4.78 is 10.7. The lowest BCUT2D eigenvalue weighted by Gasteiger charge is -2.02. The highest BCUT2D eigenvalue weighted by Gasteiger charge is 2.21. The molecule has 77 valence electrons. The van der Waals surface area contributed by atoms with Crippen LogP contribution in [0.3, 0.4) is 0 Å². The molecule has 0 heterocycles. The predicted molar refractivity (Wildman–Crippen MR) is 53.6 cm³/mol. The maximum atomic E-state index is 5.54. The molecule has 13 heavy (non-hydrogen) atoms. The second-order valence-electron chi connectivity index (χ2n) is 3.60. The molecule has 0 spiro atoms. The molecule has 1 saturated carbocycles. The largest absolute Gasteiger partial charge is 0.381 e. The summed E-state index contributed by atoms with van der Waals surface area (Å²) >= 11 is 0. The SMILES string of the molecule is [CH2]COCCCCCCOC1CC1. The van der Waals surface area contributed by atoms with Crippen LogP contribution < -0.4 is 0 Å². The zero-order valence-electron chi connectivity index (χ0n) is 8.46. The molecule has 0 aromatic carbocycles. The molecule has 0 aromatic heterocycles. The highest BCUT2D eigenvalue weighted by molar-refractivity contribution is 4.72. The van der Waals surface area contributed by atoms with Crippen molar-refractivity contribution in [2.75, 3.05) is 19.8 Å². The van der Waals surface area contributed by atoms with Crippen molar-refractivity contribution in [3.8, 4) is 0 Å². The van der Waals surface area contributed by atoms with Gasteiger partial charge < -0.3 is 9.47 Å². The Hall–Kier alpha value is -0.0800. The van der Waals surface area contributed by atoms with Crippen LogP contribution in [-0.2, 0) is 9.47 Å². The molecule has 2 heteroatoms. The fourth-order valence-electron chi connectivity index (χ4n) is 1.25. The highest BCUT2D eigenvalue weighted by atomic mass is 16.5. The average Bonchev–Trinajstić information content (AvgIpc) is 2.93. The Kier molecular flexibility index (Phi) is 6.21. The van der Waals surface area contributed by atoms with E-state index < -0.39 is 0 Å². The maximum Gasteiger partial charge on any atom is 0.0577 e. The third kappa shape index (κ3) is 7.03. The summed E-state index contributed by atoms with van der Waals surface area (Å²) in [6.07, 6.45) is 8.10. The lowest BCUT2D eigenvalue weighted by atomic mass is 10.2. The number of rotatable bonds is 9. The van der Waals surface area contributed by atoms with Gasteiger partial charge in [0.2, 0.25) is 0 Å². The molecular formula is C11H21O2. The molecule has 1 rings (SSSR count). The van der Waals surface area contributed by atoms with Gasteiger partial charge in [-0.2, -0.15) is 0 Å². The van der Waals surface area contributed by atoms with Crippen LogP contribution in [0.1, 0.15) is 38.5 Å². The van der Waals surface area contributed by atoms with Crippen LogP contribution in [0.15, 0.2) is 0 Å². The quantitative estimate of drug-likeness (QED) is 0.514. The number of hydrogen-bond acceptors (Lipinski definition) is 2. The number of hydrogen-bond donors (Lipinski definition) is 0. The first-order valence-corrected chi connectivity index (χ1v) is 5.42. The van der Waals surface area contributed by atoms with Crippen molar-refractivity contribution in [1.82, 2.24) is 0 Å². The molecule has 1 aliphatic rings. The molecule has 0 atom stereocenters. The van der Waals surface area contributed by atoms with Gasteiger partial charge in [-0.05, 0) is 32.6 Å². The molecule has 1 radical (unpaired) electrons. The first kappa shape index (κ1) is 11.0. The van der Waals surface area contributed by atoms with Crippen LogP contribution in [0.4, 0.5) is 0 Å². The minimum absolute atomic E-state index is 0.602. The minimum atomic E-state index is 0.602. The fraction of sp³-hybridized carbons (Fsp3) is 0.909. The lowest BCUT2D eigenvalue weighted by Crippen LogP contribution is -1.97. The van der Waals surface area contributed by atoms with Crippen LogP contribution >= 0.6 is 0 Å². The van der Waals surface area contributed by atoms with Gasteiger partial charge in [-0.1, -0.05) is 12.8 Å². The summed E-state index contributed by atoms with van der Waals surface area (Å²) in [5.74, 6) is 0. The monoisotopic (exact) mass is 185 g/mol. The summed E-state index contributed by atoms with van der Waals surface area (Å²) in [6, 6.07) is 0. The molecule has 0 unspecified atom stereocenters. The molecule has 0 aliphatic heterocycles. The van der Waals surface area contributed by atoms with Gasteiger partial charge in [0.15, 0.2) is 0 Å². The number of ether oxygens (including phenoxy) is 2. The lowest BCUT2D eigenvalue weighted by molar-refractivity contribution is 0.114. The molecule has 0 aromatic rings. The zero-order valence-corrected chi connectivity index (χ0v) is 8.46. The molecular weight excluding hydrogens is 164 g/mol. The van der Waals surface area contributed by atoms with Crippen molar-refractivity contribution >= 4 is 0 Å². The van der Waals surface area contributed by atoms with Crippen molar-refractivity contribution < 1.29 is 9.47 Å². The van der Waals surface area contributed by atoms with Crippen molar-refractivity contribution in [2.45, 2.75) is 44.6 Å². The van der Waals surface area contributed by atoms with Crippen LogP contribution in [0.5, 0.6) is 0 Å². The molecule has 2 nitrogen and oxygen atoms in total. The van der Waals surface area contributed by atoms with Gasteiger partial charge in [-0.25, -0.2) is 0 Å². The second kappa shape index (κ2) is 7.34. The van der Waals surface area contributed by atoms with E-state index in [4.69, 9.17) is 9.47 Å². The van der Waals surface area contributed by atoms with E-state index in [1.54, 1.807) is 0 Å². The van der Waals surface area contributed by atoms with Crippen LogP contribution in [0.25, 0.3) is 0 Å². The van der Waals surface area contributed by atoms with E-state index in [0.29, 0.717) is 12.7 Å². The molecule has 1 aliphatic carbocycles. The standard InChI is InChI=1S/C11H21O2/c1-2-12-9-5-3-4-6-10-13-11-7-8-11/h11H,1-10H2. The first-order valence-electron chi connectivity index (χ1n) is 5.42. The Labute approximate surface area is 81.6 Å². The van der Waals surface area contributed by atoms with E-state index in [-0.39, 0.29) is 0 Å². The summed E-state index contributed by atoms with van der Waals surface area (Å²) in [4.78, 5) is 0. The van der Waals surface area contributed by atoms with Gasteiger partial charge in [0.1, 0.15) is 0 Å². The first-order chi connectivity index (χ1) is 6.43. The van der Waals surface area contributed by atoms with Gasteiger partial charge in [-0.3, -0.25) is 0 Å². The minimum Gasteiger partial charge on any atom is -0.381 e. The van der Waals surface area contributed by atoms with E-state index in [1.807, 2.05) is 0 Å². The van der Waals surface area contributed by atoms with Crippen LogP contribution in [0.2, 0.25) is 0 Å². The smallest absolute Gasteiger partial charge is 0.0577 e. The fourth-order valence-corrected chi connectivity index (χ4v) is 1.25. The Balaban J connectivity index is 1.63. The molecule has 0 amide bonds. The average molecular weight is 185 g/mol. The van der Waals surface area contributed by atoms with Crippen molar-refractivity contribution in [1.29, 1.82) is 0 Å². The summed E-state index contributed by atoms with van der Waals surface area (Å²) in [6.45, 7) is 6.05. The van der Waals surface area contributed by atoms with Gasteiger partial charge in [0.05, 0.1) is 6.10 Å². The molecule has 0 bridgehead atoms. The Bertz CT molecular complexity index is 111. The van der Waals surface area contributed by atoms with Gasteiger partial charge in [0.25, 0.3) is 0 Å². The Morgan fingerprint density at radius 3 is 2.31 bits per heavy atom. The van der Waals surface area contributed by atoms with Crippen LogP contribution in [0, 0.1) is 6.92 Å². The predicted octanol–water partition coefficient (Wildman–Crippen LogP) is 2.58. The maximum absolute atomic E-state index is 5.54. The topological polar surface area (TPSA) is 18.5 Å². The van der Waals surface area contributed by atoms with Gasteiger partial charge in [0, 0.05) is 19.8 Å². The normalized spacial score (nSPS) is 16.4. The van der Waals surface area contributed by atoms with Gasteiger partial charge >= 0.3 is 0 Å². The Morgan fingerprint density at radius 2 is 1.69 bits per heavy atom. The molecule has 0 saturated heterocycles. The third-order valence-electron chi connectivity index (χ3n) is 2.21. The summed E-state index contributed by atoms with van der Waals surface area (Å²) in [5, 5.41) is 0. The van der Waals surface area contributed by atoms with E-state index in [9.17, 15) is 0 Å². The van der Waals surface area contributed by atoms with E-state index >= 15 is 0 Å². The second-order valence-corrected chi connectivity index (χ2v) is 3.60. The third-order valence-corrected chi connectivity index (χ3v) is 2.21. The van der Waals surface area contributed by atoms with Crippen LogP contribution in [-0.4, -0.2) is 25.9 Å². The van der Waals surface area contributed by atoms with E-state index in [2.05, 4.69) is 6.92 Å².